The molecule has 3 aromatic rings. The normalized spacial score (nSPS) is 21.1. The predicted octanol–water partition coefficient (Wildman–Crippen LogP) is 3.34. The Morgan fingerprint density at radius 1 is 1.13 bits per heavy atom. The third kappa shape index (κ3) is 4.57. The highest BCUT2D eigenvalue weighted by Gasteiger charge is 2.41. The van der Waals surface area contributed by atoms with Crippen LogP contribution in [0.25, 0.3) is 11.5 Å². The van der Waals surface area contributed by atoms with E-state index in [1.54, 1.807) is 19.2 Å². The van der Waals surface area contributed by atoms with Crippen LogP contribution in [0.15, 0.2) is 51.7 Å². The lowest BCUT2D eigenvalue weighted by Gasteiger charge is -2.16. The maximum Gasteiger partial charge on any atom is 0.225 e. The van der Waals surface area contributed by atoms with Gasteiger partial charge in [-0.25, -0.2) is 4.98 Å². The second kappa shape index (κ2) is 8.75. The summed E-state index contributed by atoms with van der Waals surface area (Å²) in [6.45, 7) is 1.79. The van der Waals surface area contributed by atoms with E-state index in [1.165, 1.54) is 6.26 Å². The molecule has 4 rings (SSSR count). The molecule has 0 amide bonds. The first-order valence-corrected chi connectivity index (χ1v) is 10.1. The van der Waals surface area contributed by atoms with Gasteiger partial charge in [-0.15, -0.1) is 0 Å². The molecule has 1 aromatic carbocycles. The molecular weight excluding hydrogens is 384 g/mol. The van der Waals surface area contributed by atoms with Crippen LogP contribution < -0.4 is 0 Å². The maximum atomic E-state index is 12.9. The van der Waals surface area contributed by atoms with E-state index in [-0.39, 0.29) is 18.0 Å². The minimum absolute atomic E-state index is 0.0235. The number of nitrogens with zero attached hydrogens (tertiary/aromatic N) is 2. The third-order valence-electron chi connectivity index (χ3n) is 5.68. The van der Waals surface area contributed by atoms with Crippen molar-refractivity contribution in [2.24, 2.45) is 11.8 Å². The van der Waals surface area contributed by atoms with Crippen LogP contribution in [0.1, 0.15) is 36.3 Å². The van der Waals surface area contributed by atoms with E-state index < -0.39 is 17.9 Å². The van der Waals surface area contributed by atoms with E-state index in [2.05, 4.69) is 10.1 Å². The summed E-state index contributed by atoms with van der Waals surface area (Å²) in [5.74, 6) is 0.0947. The van der Waals surface area contributed by atoms with Gasteiger partial charge in [0.1, 0.15) is 23.6 Å². The topological polar surface area (TPSA) is 106 Å². The lowest BCUT2D eigenvalue weighted by molar-refractivity contribution is -0.131. The number of ketones is 2. The number of benzene rings is 1. The van der Waals surface area contributed by atoms with E-state index in [1.807, 2.05) is 24.3 Å². The van der Waals surface area contributed by atoms with Crippen LogP contribution in [0.2, 0.25) is 0 Å². The molecule has 1 aliphatic carbocycles. The SMILES string of the molecule is Cc1cc(CC(=O)C2C[C@H](O)C[C@H]2C(=O)CCc2ccc(-c3ncco3)cc2)on1. The molecule has 0 saturated heterocycles. The van der Waals surface area contributed by atoms with E-state index in [0.717, 1.165) is 11.1 Å². The largest absolute Gasteiger partial charge is 0.445 e. The first kappa shape index (κ1) is 20.2. The van der Waals surface area contributed by atoms with Crippen LogP contribution in [-0.2, 0) is 22.4 Å². The number of aryl methyl sites for hydroxylation is 2. The second-order valence-electron chi connectivity index (χ2n) is 7.92. The van der Waals surface area contributed by atoms with Gasteiger partial charge in [-0.2, -0.15) is 0 Å². The smallest absolute Gasteiger partial charge is 0.225 e. The van der Waals surface area contributed by atoms with Gasteiger partial charge < -0.3 is 14.0 Å². The average molecular weight is 408 g/mol. The van der Waals surface area contributed by atoms with Gasteiger partial charge in [-0.3, -0.25) is 9.59 Å². The molecule has 0 bridgehead atoms. The highest BCUT2D eigenvalue weighted by Crippen LogP contribution is 2.35. The van der Waals surface area contributed by atoms with Gasteiger partial charge in [0.2, 0.25) is 5.89 Å². The summed E-state index contributed by atoms with van der Waals surface area (Å²) < 4.78 is 10.4. The van der Waals surface area contributed by atoms with Gasteiger partial charge in [0.05, 0.1) is 24.4 Å². The van der Waals surface area contributed by atoms with Crippen molar-refractivity contribution < 1.29 is 23.6 Å². The molecule has 1 saturated carbocycles. The first-order valence-electron chi connectivity index (χ1n) is 10.1. The van der Waals surface area contributed by atoms with Crippen molar-refractivity contribution in [1.82, 2.24) is 10.1 Å². The van der Waals surface area contributed by atoms with Crippen LogP contribution in [0.4, 0.5) is 0 Å². The molecule has 1 aliphatic rings. The molecule has 0 radical (unpaired) electrons. The number of carbonyl (C=O) groups is 2. The quantitative estimate of drug-likeness (QED) is 0.609. The van der Waals surface area contributed by atoms with Crippen molar-refractivity contribution in [3.8, 4) is 11.5 Å². The van der Waals surface area contributed by atoms with Crippen molar-refractivity contribution in [3.63, 3.8) is 0 Å². The van der Waals surface area contributed by atoms with Crippen molar-refractivity contribution in [2.75, 3.05) is 0 Å². The van der Waals surface area contributed by atoms with Gasteiger partial charge in [0.25, 0.3) is 0 Å². The number of carbonyl (C=O) groups excluding carboxylic acids is 2. The fraction of sp³-hybridized carbons (Fsp3) is 0.391. The number of aliphatic hydroxyl groups excluding tert-OH is 1. The van der Waals surface area contributed by atoms with E-state index in [9.17, 15) is 14.7 Å². The third-order valence-corrected chi connectivity index (χ3v) is 5.68. The first-order chi connectivity index (χ1) is 14.5. The Kier molecular flexibility index (Phi) is 5.90. The van der Waals surface area contributed by atoms with Crippen LogP contribution >= 0.6 is 0 Å². The Hall–Kier alpha value is -3.06. The van der Waals surface area contributed by atoms with Crippen molar-refractivity contribution >= 4 is 11.6 Å². The van der Waals surface area contributed by atoms with E-state index >= 15 is 0 Å². The highest BCUT2D eigenvalue weighted by atomic mass is 16.5. The molecule has 2 heterocycles. The number of aromatic nitrogens is 2. The average Bonchev–Trinajstić information content (AvgIpc) is 3.48. The monoisotopic (exact) mass is 408 g/mol. The molecule has 1 N–H and O–H groups in total. The van der Waals surface area contributed by atoms with Crippen LogP contribution in [0, 0.1) is 18.8 Å². The summed E-state index contributed by atoms with van der Waals surface area (Å²) in [7, 11) is 0. The zero-order chi connectivity index (χ0) is 21.1. The molecule has 3 atom stereocenters. The summed E-state index contributed by atoms with van der Waals surface area (Å²) >= 11 is 0. The summed E-state index contributed by atoms with van der Waals surface area (Å²) in [4.78, 5) is 29.7. The van der Waals surface area contributed by atoms with Crippen LogP contribution in [-0.4, -0.2) is 32.9 Å². The Balaban J connectivity index is 1.36. The van der Waals surface area contributed by atoms with Crippen molar-refractivity contribution in [2.45, 2.75) is 45.1 Å². The van der Waals surface area contributed by atoms with Crippen LogP contribution in [0.3, 0.4) is 0 Å². The molecular formula is C23H24N2O5. The number of aliphatic hydroxyl groups is 1. The van der Waals surface area contributed by atoms with Crippen molar-refractivity contribution in [3.05, 3.63) is 59.8 Å². The summed E-state index contributed by atoms with van der Waals surface area (Å²) in [5.41, 5.74) is 2.62. The van der Waals surface area contributed by atoms with Gasteiger partial charge >= 0.3 is 0 Å². The number of oxazole rings is 1. The minimum atomic E-state index is -0.621. The minimum Gasteiger partial charge on any atom is -0.445 e. The highest BCUT2D eigenvalue weighted by molar-refractivity contribution is 5.91. The Labute approximate surface area is 174 Å². The van der Waals surface area contributed by atoms with Gasteiger partial charge in [0.15, 0.2) is 0 Å². The molecule has 7 nitrogen and oxygen atoms in total. The van der Waals surface area contributed by atoms with E-state index in [4.69, 9.17) is 8.94 Å². The standard InChI is InChI=1S/C23H24N2O5/c1-14-10-18(30-25-14)13-22(28)20-12-17(26)11-19(20)21(27)7-4-15-2-5-16(6-3-15)23-24-8-9-29-23/h2-3,5-6,8-10,17,19-20,26H,4,7,11-13H2,1H3/t17-,19-,20?/m1/s1. The lowest BCUT2D eigenvalue weighted by atomic mass is 9.85. The number of rotatable bonds is 8. The fourth-order valence-corrected chi connectivity index (χ4v) is 4.16. The maximum absolute atomic E-state index is 12.9. The van der Waals surface area contributed by atoms with Gasteiger partial charge in [-0.05, 0) is 43.9 Å². The molecule has 1 fully saturated rings. The molecule has 30 heavy (non-hydrogen) atoms. The Morgan fingerprint density at radius 3 is 2.50 bits per heavy atom. The summed E-state index contributed by atoms with van der Waals surface area (Å²) in [5, 5.41) is 13.9. The number of Topliss-reactive ketones (excluding diaryl/α,β-unsaturated/α-hetero) is 2. The second-order valence-corrected chi connectivity index (χ2v) is 7.92. The van der Waals surface area contributed by atoms with Crippen LogP contribution in [0.5, 0.6) is 0 Å². The number of hydrogen-bond donors (Lipinski definition) is 1. The molecule has 0 spiro atoms. The van der Waals surface area contributed by atoms with Gasteiger partial charge in [-0.1, -0.05) is 17.3 Å². The zero-order valence-corrected chi connectivity index (χ0v) is 16.8. The summed E-state index contributed by atoms with van der Waals surface area (Å²) in [6.07, 6.45) is 4.19. The lowest BCUT2D eigenvalue weighted by Crippen LogP contribution is -2.27. The molecule has 1 unspecified atom stereocenters. The van der Waals surface area contributed by atoms with Gasteiger partial charge in [0, 0.05) is 29.9 Å². The molecule has 7 heteroatoms. The molecule has 0 aliphatic heterocycles. The summed E-state index contributed by atoms with van der Waals surface area (Å²) in [6, 6.07) is 9.45. The van der Waals surface area contributed by atoms with Crippen molar-refractivity contribution in [1.29, 1.82) is 0 Å². The fourth-order valence-electron chi connectivity index (χ4n) is 4.16. The molecule has 2 aromatic heterocycles. The molecule has 156 valence electrons. The zero-order valence-electron chi connectivity index (χ0n) is 16.8. The Morgan fingerprint density at radius 2 is 1.87 bits per heavy atom. The Bertz CT molecular complexity index is 1010. The number of hydrogen-bond acceptors (Lipinski definition) is 7. The predicted molar refractivity (Wildman–Crippen MR) is 107 cm³/mol. The van der Waals surface area contributed by atoms with E-state index in [0.29, 0.717) is 43.0 Å².